The first kappa shape index (κ1) is 8.52. The molecule has 2 N–H and O–H groups in total. The van der Waals surface area contributed by atoms with E-state index in [4.69, 9.17) is 0 Å². The summed E-state index contributed by atoms with van der Waals surface area (Å²) in [6.07, 6.45) is 7.46. The van der Waals surface area contributed by atoms with Gasteiger partial charge in [0, 0.05) is 5.70 Å². The minimum atomic E-state index is 0.0553. The third-order valence-corrected chi connectivity index (χ3v) is 1.61. The lowest BCUT2D eigenvalue weighted by molar-refractivity contribution is -0.110. The monoisotopic (exact) mass is 166 g/mol. The van der Waals surface area contributed by atoms with Crippen LogP contribution in [0.15, 0.2) is 23.9 Å². The molecule has 0 aromatic heterocycles. The van der Waals surface area contributed by atoms with Gasteiger partial charge in [-0.25, -0.2) is 0 Å². The van der Waals surface area contributed by atoms with E-state index in [1.165, 1.54) is 0 Å². The van der Waals surface area contributed by atoms with Gasteiger partial charge in [-0.3, -0.25) is 9.59 Å². The summed E-state index contributed by atoms with van der Waals surface area (Å²) in [5.74, 6) is 0. The number of rotatable bonds is 4. The molecular weight excluding hydrogens is 156 g/mol. The van der Waals surface area contributed by atoms with Crippen molar-refractivity contribution in [3.05, 3.63) is 23.9 Å². The van der Waals surface area contributed by atoms with Crippen molar-refractivity contribution in [3.8, 4) is 0 Å². The quantitative estimate of drug-likeness (QED) is 0.563. The fourth-order valence-corrected chi connectivity index (χ4v) is 1.01. The van der Waals surface area contributed by atoms with Crippen molar-refractivity contribution < 1.29 is 9.59 Å². The topological polar surface area (TPSA) is 58.2 Å². The van der Waals surface area contributed by atoms with E-state index in [0.29, 0.717) is 19.2 Å². The molecule has 0 bridgehead atoms. The van der Waals surface area contributed by atoms with Gasteiger partial charge in [0.1, 0.15) is 0 Å². The van der Waals surface area contributed by atoms with Crippen LogP contribution in [0.5, 0.6) is 0 Å². The Kier molecular flexibility index (Phi) is 3.07. The molecule has 0 radical (unpaired) electrons. The second kappa shape index (κ2) is 4.33. The van der Waals surface area contributed by atoms with Gasteiger partial charge in [-0.2, -0.15) is 0 Å². The average Bonchev–Trinajstić information content (AvgIpc) is 2.09. The zero-order chi connectivity index (χ0) is 8.81. The summed E-state index contributed by atoms with van der Waals surface area (Å²) >= 11 is 0. The van der Waals surface area contributed by atoms with Crippen molar-refractivity contribution in [1.82, 2.24) is 10.6 Å². The fraction of sp³-hybridized carbons (Fsp3) is 0.250. The van der Waals surface area contributed by atoms with Gasteiger partial charge in [0.25, 0.3) is 0 Å². The van der Waals surface area contributed by atoms with E-state index in [2.05, 4.69) is 10.6 Å². The zero-order valence-corrected chi connectivity index (χ0v) is 6.49. The van der Waals surface area contributed by atoms with Gasteiger partial charge < -0.3 is 10.6 Å². The van der Waals surface area contributed by atoms with Gasteiger partial charge in [0.05, 0.1) is 6.04 Å². The Morgan fingerprint density at radius 1 is 1.42 bits per heavy atom. The smallest absolute Gasteiger partial charge is 0.211 e. The highest BCUT2D eigenvalue weighted by molar-refractivity contribution is 5.53. The van der Waals surface area contributed by atoms with E-state index >= 15 is 0 Å². The molecule has 0 spiro atoms. The van der Waals surface area contributed by atoms with Crippen LogP contribution in [0, 0.1) is 0 Å². The normalized spacial score (nSPS) is 21.0. The summed E-state index contributed by atoms with van der Waals surface area (Å²) in [6.45, 7) is 0. The van der Waals surface area contributed by atoms with Gasteiger partial charge in [0.2, 0.25) is 12.8 Å². The molecule has 4 heteroatoms. The lowest BCUT2D eigenvalue weighted by Gasteiger charge is -2.14. The van der Waals surface area contributed by atoms with E-state index in [0.717, 1.165) is 5.70 Å². The highest BCUT2D eigenvalue weighted by atomic mass is 16.1. The van der Waals surface area contributed by atoms with Gasteiger partial charge in [0.15, 0.2) is 0 Å². The average molecular weight is 166 g/mol. The lowest BCUT2D eigenvalue weighted by Crippen LogP contribution is -2.27. The molecule has 0 saturated heterocycles. The Bertz CT molecular complexity index is 233. The van der Waals surface area contributed by atoms with Crippen LogP contribution < -0.4 is 10.6 Å². The SMILES string of the molecule is O=CNC1=CCC(NC=O)C=C1. The van der Waals surface area contributed by atoms with Crippen molar-refractivity contribution in [2.24, 2.45) is 0 Å². The van der Waals surface area contributed by atoms with Crippen LogP contribution in [0.2, 0.25) is 0 Å². The third-order valence-electron chi connectivity index (χ3n) is 1.61. The molecule has 0 fully saturated rings. The highest BCUT2D eigenvalue weighted by Crippen LogP contribution is 2.06. The maximum atomic E-state index is 10.0. The van der Waals surface area contributed by atoms with Crippen LogP contribution in [0.3, 0.4) is 0 Å². The number of hydrogen-bond acceptors (Lipinski definition) is 2. The molecular formula is C8H10N2O2. The van der Waals surface area contributed by atoms with Crippen molar-refractivity contribution in [2.45, 2.75) is 12.5 Å². The molecule has 1 atom stereocenters. The standard InChI is InChI=1S/C8H10N2O2/c11-5-9-7-1-2-8(4-3-7)10-6-12/h1-3,5-6,8H,4H2,(H,9,11)(H,10,12). The summed E-state index contributed by atoms with van der Waals surface area (Å²) in [4.78, 5) is 20.1. The molecule has 1 unspecified atom stereocenters. The molecule has 1 aliphatic rings. The number of carbonyl (C=O) groups is 2. The lowest BCUT2D eigenvalue weighted by atomic mass is 10.1. The molecule has 0 aromatic carbocycles. The molecule has 0 aliphatic heterocycles. The first-order chi connectivity index (χ1) is 5.86. The van der Waals surface area contributed by atoms with Crippen molar-refractivity contribution in [1.29, 1.82) is 0 Å². The Hall–Kier alpha value is -1.58. The van der Waals surface area contributed by atoms with Crippen LogP contribution in [0.1, 0.15) is 6.42 Å². The van der Waals surface area contributed by atoms with E-state index < -0.39 is 0 Å². The molecule has 1 aliphatic carbocycles. The maximum Gasteiger partial charge on any atom is 0.211 e. The van der Waals surface area contributed by atoms with Gasteiger partial charge in [-0.05, 0) is 12.5 Å². The Balaban J connectivity index is 2.43. The second-order valence-electron chi connectivity index (χ2n) is 2.41. The molecule has 12 heavy (non-hydrogen) atoms. The van der Waals surface area contributed by atoms with Crippen molar-refractivity contribution in [3.63, 3.8) is 0 Å². The van der Waals surface area contributed by atoms with Crippen LogP contribution in [0.4, 0.5) is 0 Å². The van der Waals surface area contributed by atoms with Gasteiger partial charge in [-0.1, -0.05) is 12.2 Å². The Labute approximate surface area is 70.3 Å². The Morgan fingerprint density at radius 2 is 2.25 bits per heavy atom. The first-order valence-electron chi connectivity index (χ1n) is 3.65. The highest BCUT2D eigenvalue weighted by Gasteiger charge is 2.05. The second-order valence-corrected chi connectivity index (χ2v) is 2.41. The number of carbonyl (C=O) groups excluding carboxylic acids is 2. The van der Waals surface area contributed by atoms with E-state index in [1.807, 2.05) is 12.2 Å². The molecule has 4 nitrogen and oxygen atoms in total. The van der Waals surface area contributed by atoms with Crippen LogP contribution >= 0.6 is 0 Å². The summed E-state index contributed by atoms with van der Waals surface area (Å²) in [7, 11) is 0. The number of hydrogen-bond donors (Lipinski definition) is 2. The molecule has 64 valence electrons. The maximum absolute atomic E-state index is 10.0. The largest absolute Gasteiger partial charge is 0.352 e. The molecule has 0 heterocycles. The summed E-state index contributed by atoms with van der Waals surface area (Å²) < 4.78 is 0. The zero-order valence-electron chi connectivity index (χ0n) is 6.49. The minimum Gasteiger partial charge on any atom is -0.352 e. The van der Waals surface area contributed by atoms with Gasteiger partial charge in [-0.15, -0.1) is 0 Å². The molecule has 0 saturated carbocycles. The molecule has 0 aromatic rings. The van der Waals surface area contributed by atoms with Crippen molar-refractivity contribution in [2.75, 3.05) is 0 Å². The van der Waals surface area contributed by atoms with E-state index in [9.17, 15) is 9.59 Å². The van der Waals surface area contributed by atoms with Crippen LogP contribution in [-0.2, 0) is 9.59 Å². The first-order valence-corrected chi connectivity index (χ1v) is 3.65. The summed E-state index contributed by atoms with van der Waals surface area (Å²) in [5.41, 5.74) is 0.772. The third kappa shape index (κ3) is 2.23. The number of allylic oxidation sites excluding steroid dienone is 1. The predicted molar refractivity (Wildman–Crippen MR) is 44.0 cm³/mol. The fourth-order valence-electron chi connectivity index (χ4n) is 1.01. The number of nitrogens with one attached hydrogen (secondary N) is 2. The van der Waals surface area contributed by atoms with Crippen molar-refractivity contribution >= 4 is 12.8 Å². The van der Waals surface area contributed by atoms with Crippen LogP contribution in [-0.4, -0.2) is 18.9 Å². The Morgan fingerprint density at radius 3 is 2.75 bits per heavy atom. The van der Waals surface area contributed by atoms with Crippen LogP contribution in [0.25, 0.3) is 0 Å². The van der Waals surface area contributed by atoms with E-state index in [1.54, 1.807) is 6.08 Å². The predicted octanol–water partition coefficient (Wildman–Crippen LogP) is -0.309. The van der Waals surface area contributed by atoms with E-state index in [-0.39, 0.29) is 6.04 Å². The molecule has 2 amide bonds. The van der Waals surface area contributed by atoms with Gasteiger partial charge >= 0.3 is 0 Å². The summed E-state index contributed by atoms with van der Waals surface area (Å²) in [5, 5.41) is 5.14. The number of amides is 2. The molecule has 1 rings (SSSR count). The summed E-state index contributed by atoms with van der Waals surface area (Å²) in [6, 6.07) is 0.0553. The minimum absolute atomic E-state index is 0.0553.